The van der Waals surface area contributed by atoms with Crippen molar-refractivity contribution < 1.29 is 17.9 Å². The van der Waals surface area contributed by atoms with E-state index in [1.807, 2.05) is 26.0 Å². The Morgan fingerprint density at radius 2 is 1.78 bits per heavy atom. The molecule has 2 N–H and O–H groups in total. The molecule has 2 heterocycles. The third kappa shape index (κ3) is 3.29. The number of aromatic amines is 1. The van der Waals surface area contributed by atoms with Crippen molar-refractivity contribution >= 4 is 20.9 Å². The van der Waals surface area contributed by atoms with Crippen LogP contribution >= 0.6 is 0 Å². The van der Waals surface area contributed by atoms with Gasteiger partial charge in [0.2, 0.25) is 16.8 Å². The van der Waals surface area contributed by atoms with Gasteiger partial charge in [-0.05, 0) is 60.7 Å². The summed E-state index contributed by atoms with van der Waals surface area (Å²) in [7, 11) is -3.80. The maximum atomic E-state index is 12.6. The normalized spacial score (nSPS) is 13.3. The molecule has 0 bridgehead atoms. The van der Waals surface area contributed by atoms with E-state index in [9.17, 15) is 13.2 Å². The number of aryl methyl sites for hydroxylation is 2. The van der Waals surface area contributed by atoms with Gasteiger partial charge in [0.05, 0.1) is 4.90 Å². The molecule has 7 nitrogen and oxygen atoms in total. The smallest absolute Gasteiger partial charge is 0.252 e. The molecular weight excluding hydrogens is 368 g/mol. The highest BCUT2D eigenvalue weighted by molar-refractivity contribution is 7.89. The van der Waals surface area contributed by atoms with Crippen molar-refractivity contribution in [2.75, 3.05) is 6.79 Å². The number of aromatic nitrogens is 1. The Morgan fingerprint density at radius 3 is 2.59 bits per heavy atom. The zero-order chi connectivity index (χ0) is 19.2. The summed E-state index contributed by atoms with van der Waals surface area (Å²) in [6.45, 7) is 3.91. The van der Waals surface area contributed by atoms with E-state index in [1.165, 1.54) is 12.1 Å². The lowest BCUT2D eigenvalue weighted by Gasteiger charge is -2.09. The number of rotatable bonds is 4. The highest BCUT2D eigenvalue weighted by Gasteiger charge is 2.20. The predicted molar refractivity (Wildman–Crippen MR) is 101 cm³/mol. The van der Waals surface area contributed by atoms with Gasteiger partial charge in [-0.3, -0.25) is 4.79 Å². The topological polar surface area (TPSA) is 97.5 Å². The number of hydrogen-bond donors (Lipinski definition) is 2. The van der Waals surface area contributed by atoms with E-state index < -0.39 is 10.0 Å². The summed E-state index contributed by atoms with van der Waals surface area (Å²) in [4.78, 5) is 15.2. The van der Waals surface area contributed by atoms with Gasteiger partial charge < -0.3 is 14.5 Å². The van der Waals surface area contributed by atoms with Crippen LogP contribution in [0.1, 0.15) is 16.7 Å². The monoisotopic (exact) mass is 386 g/mol. The summed E-state index contributed by atoms with van der Waals surface area (Å²) in [5.41, 5.74) is 2.93. The van der Waals surface area contributed by atoms with Gasteiger partial charge in [0.15, 0.2) is 11.5 Å². The maximum Gasteiger partial charge on any atom is 0.252 e. The fourth-order valence-electron chi connectivity index (χ4n) is 2.95. The predicted octanol–water partition coefficient (Wildman–Crippen LogP) is 2.35. The van der Waals surface area contributed by atoms with Crippen LogP contribution < -0.4 is 19.8 Å². The Morgan fingerprint density at radius 1 is 1.04 bits per heavy atom. The third-order valence-electron chi connectivity index (χ3n) is 4.64. The molecule has 8 heteroatoms. The molecule has 1 aliphatic heterocycles. The van der Waals surface area contributed by atoms with Crippen LogP contribution in [0.5, 0.6) is 11.5 Å². The molecule has 0 aliphatic carbocycles. The van der Waals surface area contributed by atoms with Crippen LogP contribution in [-0.4, -0.2) is 20.2 Å². The SMILES string of the molecule is Cc1cc2cc(CNS(=O)(=O)c3ccc4c(c3)OCO4)c(=O)[nH]c2cc1C. The average Bonchev–Trinajstić information content (AvgIpc) is 3.09. The van der Waals surface area contributed by atoms with Crippen LogP contribution in [0.2, 0.25) is 0 Å². The molecule has 140 valence electrons. The highest BCUT2D eigenvalue weighted by Crippen LogP contribution is 2.33. The van der Waals surface area contributed by atoms with Crippen LogP contribution in [0.4, 0.5) is 0 Å². The van der Waals surface area contributed by atoms with Crippen molar-refractivity contribution in [1.29, 1.82) is 0 Å². The lowest BCUT2D eigenvalue weighted by atomic mass is 10.1. The Bertz CT molecular complexity index is 1210. The molecule has 0 unspecified atom stereocenters. The molecule has 1 aromatic heterocycles. The van der Waals surface area contributed by atoms with Gasteiger partial charge in [-0.15, -0.1) is 0 Å². The molecule has 3 aromatic rings. The lowest BCUT2D eigenvalue weighted by molar-refractivity contribution is 0.174. The van der Waals surface area contributed by atoms with Gasteiger partial charge in [-0.2, -0.15) is 0 Å². The van der Waals surface area contributed by atoms with Gasteiger partial charge in [-0.1, -0.05) is 0 Å². The van der Waals surface area contributed by atoms with Gasteiger partial charge in [-0.25, -0.2) is 13.1 Å². The summed E-state index contributed by atoms with van der Waals surface area (Å²) in [6.07, 6.45) is 0. The zero-order valence-corrected chi connectivity index (χ0v) is 15.6. The molecule has 0 radical (unpaired) electrons. The second kappa shape index (κ2) is 6.40. The summed E-state index contributed by atoms with van der Waals surface area (Å²) in [6, 6.07) is 9.98. The molecule has 1 aliphatic rings. The van der Waals surface area contributed by atoms with E-state index >= 15 is 0 Å². The summed E-state index contributed by atoms with van der Waals surface area (Å²) in [5, 5.41) is 0.856. The van der Waals surface area contributed by atoms with Gasteiger partial charge >= 0.3 is 0 Å². The number of sulfonamides is 1. The quantitative estimate of drug-likeness (QED) is 0.717. The van der Waals surface area contributed by atoms with Crippen molar-refractivity contribution in [2.24, 2.45) is 0 Å². The molecule has 27 heavy (non-hydrogen) atoms. The second-order valence-corrected chi connectivity index (χ2v) is 8.25. The molecule has 0 fully saturated rings. The lowest BCUT2D eigenvalue weighted by Crippen LogP contribution is -2.27. The fourth-order valence-corrected chi connectivity index (χ4v) is 3.98. The van der Waals surface area contributed by atoms with E-state index in [0.717, 1.165) is 22.0 Å². The van der Waals surface area contributed by atoms with Gasteiger partial charge in [0.1, 0.15) is 0 Å². The van der Waals surface area contributed by atoms with Crippen LogP contribution in [0.15, 0.2) is 46.1 Å². The van der Waals surface area contributed by atoms with Gasteiger partial charge in [0, 0.05) is 23.7 Å². The molecule has 0 spiro atoms. The average molecular weight is 386 g/mol. The van der Waals surface area contributed by atoms with Crippen molar-refractivity contribution in [3.8, 4) is 11.5 Å². The Balaban J connectivity index is 1.61. The van der Waals surface area contributed by atoms with Crippen molar-refractivity contribution in [3.05, 3.63) is 63.4 Å². The van der Waals surface area contributed by atoms with Crippen LogP contribution in [-0.2, 0) is 16.6 Å². The Hall–Kier alpha value is -2.84. The molecular formula is C19H18N2O5S. The number of H-pyrrole nitrogens is 1. The van der Waals surface area contributed by atoms with Crippen molar-refractivity contribution in [1.82, 2.24) is 9.71 Å². The molecule has 4 rings (SSSR count). The highest BCUT2D eigenvalue weighted by atomic mass is 32.2. The van der Waals surface area contributed by atoms with Crippen LogP contribution in [0.3, 0.4) is 0 Å². The first kappa shape index (κ1) is 17.6. The van der Waals surface area contributed by atoms with E-state index in [2.05, 4.69) is 9.71 Å². The molecule has 0 saturated heterocycles. The summed E-state index contributed by atoms with van der Waals surface area (Å²) >= 11 is 0. The largest absolute Gasteiger partial charge is 0.454 e. The second-order valence-electron chi connectivity index (χ2n) is 6.49. The van der Waals surface area contributed by atoms with E-state index in [1.54, 1.807) is 12.1 Å². The minimum Gasteiger partial charge on any atom is -0.454 e. The summed E-state index contributed by atoms with van der Waals surface area (Å²) < 4.78 is 38.0. The number of fused-ring (bicyclic) bond motifs is 2. The Kier molecular flexibility index (Phi) is 4.16. The fraction of sp³-hybridized carbons (Fsp3) is 0.211. The number of benzene rings is 2. The van der Waals surface area contributed by atoms with Crippen molar-refractivity contribution in [3.63, 3.8) is 0 Å². The minimum absolute atomic E-state index is 0.0513. The molecule has 2 aromatic carbocycles. The number of nitrogens with one attached hydrogen (secondary N) is 2. The first-order valence-electron chi connectivity index (χ1n) is 8.36. The van der Waals surface area contributed by atoms with E-state index in [0.29, 0.717) is 17.1 Å². The summed E-state index contributed by atoms with van der Waals surface area (Å²) in [5.74, 6) is 0.887. The van der Waals surface area contributed by atoms with Gasteiger partial charge in [0.25, 0.3) is 5.56 Å². The van der Waals surface area contributed by atoms with E-state index in [-0.39, 0.29) is 23.8 Å². The molecule has 0 atom stereocenters. The van der Waals surface area contributed by atoms with Crippen molar-refractivity contribution in [2.45, 2.75) is 25.3 Å². The number of pyridine rings is 1. The standard InChI is InChI=1S/C19H18N2O5S/c1-11-5-13-7-14(19(22)21-16(13)6-12(11)2)9-20-27(23,24)15-3-4-17-18(8-15)26-10-25-17/h3-8,20H,9-10H2,1-2H3,(H,21,22). The van der Waals surface area contributed by atoms with Crippen LogP contribution in [0.25, 0.3) is 10.9 Å². The minimum atomic E-state index is -3.80. The zero-order valence-electron chi connectivity index (χ0n) is 14.8. The molecule has 0 amide bonds. The molecule has 0 saturated carbocycles. The van der Waals surface area contributed by atoms with Crippen LogP contribution in [0, 0.1) is 13.8 Å². The number of hydrogen-bond acceptors (Lipinski definition) is 5. The number of ether oxygens (including phenoxy) is 2. The Labute approximate surface area is 156 Å². The maximum absolute atomic E-state index is 12.6. The first-order chi connectivity index (χ1) is 12.8. The first-order valence-corrected chi connectivity index (χ1v) is 9.84. The van der Waals surface area contributed by atoms with E-state index in [4.69, 9.17) is 9.47 Å². The third-order valence-corrected chi connectivity index (χ3v) is 6.04.